The third kappa shape index (κ3) is 4.43. The lowest BCUT2D eigenvalue weighted by molar-refractivity contribution is 0.229. The number of aliphatic hydroxyl groups is 1. The number of nitrogens with zero attached hydrogens (tertiary/aromatic N) is 4. The smallest absolute Gasteiger partial charge is 0.225 e. The lowest BCUT2D eigenvalue weighted by atomic mass is 10.1. The average Bonchev–Trinajstić information content (AvgIpc) is 3.31. The minimum atomic E-state index is -0.138. The summed E-state index contributed by atoms with van der Waals surface area (Å²) >= 11 is 1.69. The van der Waals surface area contributed by atoms with Crippen LogP contribution in [0.15, 0.2) is 12.3 Å². The van der Waals surface area contributed by atoms with Gasteiger partial charge in [0.25, 0.3) is 0 Å². The molecule has 0 aliphatic heterocycles. The standard InChI is InChI=1S/C24H32N6OS/c1-13-18(22-28-20-17(32-22)9-10-25-19(20)15-6-7-15)21(27-16-8-5-14(11-16)12-31)29-23(26-13)30-24(2,3)4/h9-10,14-16,31H,5-8,11-12H2,1-4H3,(H2,26,27,29,30). The predicted molar refractivity (Wildman–Crippen MR) is 130 cm³/mol. The summed E-state index contributed by atoms with van der Waals surface area (Å²) in [5.41, 5.74) is 3.90. The summed E-state index contributed by atoms with van der Waals surface area (Å²) in [6.07, 6.45) is 7.34. The van der Waals surface area contributed by atoms with Crippen LogP contribution in [0.25, 0.3) is 20.8 Å². The van der Waals surface area contributed by atoms with Gasteiger partial charge in [-0.15, -0.1) is 11.3 Å². The summed E-state index contributed by atoms with van der Waals surface area (Å²) < 4.78 is 1.17. The van der Waals surface area contributed by atoms with Crippen molar-refractivity contribution < 1.29 is 5.11 Å². The van der Waals surface area contributed by atoms with Gasteiger partial charge in [0.15, 0.2) is 0 Å². The molecule has 0 spiro atoms. The SMILES string of the molecule is Cc1nc(NC(C)(C)C)nc(NC2CCC(CO)C2)c1-c1nc2c(C3CC3)nccc2s1. The number of fused-ring (bicyclic) bond motifs is 1. The second-order valence-electron chi connectivity index (χ2n) is 10.3. The maximum Gasteiger partial charge on any atom is 0.225 e. The molecule has 2 fully saturated rings. The molecule has 0 saturated heterocycles. The molecule has 2 saturated carbocycles. The molecule has 3 heterocycles. The Hall–Kier alpha value is -2.32. The monoisotopic (exact) mass is 452 g/mol. The lowest BCUT2D eigenvalue weighted by Crippen LogP contribution is -2.28. The average molecular weight is 453 g/mol. The van der Waals surface area contributed by atoms with E-state index in [0.717, 1.165) is 52.6 Å². The van der Waals surface area contributed by atoms with Crippen molar-refractivity contribution in [2.45, 2.75) is 77.3 Å². The molecule has 3 N–H and O–H groups in total. The number of nitrogens with one attached hydrogen (secondary N) is 2. The molecule has 170 valence electrons. The molecule has 3 aromatic rings. The van der Waals surface area contributed by atoms with Crippen LogP contribution < -0.4 is 10.6 Å². The van der Waals surface area contributed by atoms with E-state index in [-0.39, 0.29) is 12.1 Å². The molecule has 7 nitrogen and oxygen atoms in total. The van der Waals surface area contributed by atoms with Crippen molar-refractivity contribution in [2.75, 3.05) is 17.2 Å². The van der Waals surface area contributed by atoms with Crippen LogP contribution in [0, 0.1) is 12.8 Å². The quantitative estimate of drug-likeness (QED) is 0.478. The summed E-state index contributed by atoms with van der Waals surface area (Å²) in [5.74, 6) is 2.36. The Balaban J connectivity index is 1.57. The van der Waals surface area contributed by atoms with Gasteiger partial charge in [0.2, 0.25) is 5.95 Å². The van der Waals surface area contributed by atoms with Gasteiger partial charge in [-0.3, -0.25) is 4.98 Å². The normalized spacial score (nSPS) is 21.3. The minimum absolute atomic E-state index is 0.138. The maximum absolute atomic E-state index is 9.58. The van der Waals surface area contributed by atoms with Crippen LogP contribution in [0.3, 0.4) is 0 Å². The Morgan fingerprint density at radius 3 is 2.62 bits per heavy atom. The van der Waals surface area contributed by atoms with Crippen LogP contribution in [0.5, 0.6) is 0 Å². The van der Waals surface area contributed by atoms with Crippen molar-refractivity contribution in [1.82, 2.24) is 19.9 Å². The van der Waals surface area contributed by atoms with Crippen molar-refractivity contribution in [3.63, 3.8) is 0 Å². The molecule has 0 bridgehead atoms. The topological polar surface area (TPSA) is 95.9 Å². The highest BCUT2D eigenvalue weighted by molar-refractivity contribution is 7.21. The van der Waals surface area contributed by atoms with Gasteiger partial charge in [-0.25, -0.2) is 9.97 Å². The first-order valence-electron chi connectivity index (χ1n) is 11.6. The van der Waals surface area contributed by atoms with Crippen LogP contribution in [0.4, 0.5) is 11.8 Å². The van der Waals surface area contributed by atoms with Gasteiger partial charge < -0.3 is 15.7 Å². The van der Waals surface area contributed by atoms with E-state index >= 15 is 0 Å². The summed E-state index contributed by atoms with van der Waals surface area (Å²) in [6, 6.07) is 2.35. The fraction of sp³-hybridized carbons (Fsp3) is 0.583. The number of aliphatic hydroxyl groups excluding tert-OH is 1. The predicted octanol–water partition coefficient (Wildman–Crippen LogP) is 5.12. The zero-order valence-corrected chi connectivity index (χ0v) is 20.1. The summed E-state index contributed by atoms with van der Waals surface area (Å²) in [5, 5.41) is 17.6. The first-order valence-corrected chi connectivity index (χ1v) is 12.4. The molecular weight excluding hydrogens is 420 g/mol. The second-order valence-corrected chi connectivity index (χ2v) is 11.3. The Morgan fingerprint density at radius 2 is 1.94 bits per heavy atom. The fourth-order valence-corrected chi connectivity index (χ4v) is 5.59. The minimum Gasteiger partial charge on any atom is -0.396 e. The van der Waals surface area contributed by atoms with Crippen molar-refractivity contribution in [1.29, 1.82) is 0 Å². The number of thiazole rings is 1. The highest BCUT2D eigenvalue weighted by Crippen LogP contribution is 2.44. The van der Waals surface area contributed by atoms with Crippen molar-refractivity contribution in [2.24, 2.45) is 5.92 Å². The molecular formula is C24H32N6OS. The first kappa shape index (κ1) is 21.5. The highest BCUT2D eigenvalue weighted by atomic mass is 32.1. The van der Waals surface area contributed by atoms with E-state index in [1.54, 1.807) is 11.3 Å². The molecule has 2 unspecified atom stereocenters. The van der Waals surface area contributed by atoms with Crippen molar-refractivity contribution in [3.05, 3.63) is 23.7 Å². The first-order chi connectivity index (χ1) is 15.3. The molecule has 8 heteroatoms. The Morgan fingerprint density at radius 1 is 1.12 bits per heavy atom. The van der Waals surface area contributed by atoms with Crippen LogP contribution in [0.2, 0.25) is 0 Å². The Kier molecular flexibility index (Phi) is 5.53. The van der Waals surface area contributed by atoms with Crippen LogP contribution >= 0.6 is 11.3 Å². The second kappa shape index (κ2) is 8.23. The fourth-order valence-electron chi connectivity index (χ4n) is 4.53. The number of anilines is 2. The van der Waals surface area contributed by atoms with Crippen LogP contribution in [0.1, 0.15) is 70.2 Å². The van der Waals surface area contributed by atoms with Crippen LogP contribution in [-0.4, -0.2) is 43.2 Å². The van der Waals surface area contributed by atoms with Gasteiger partial charge in [-0.2, -0.15) is 4.98 Å². The molecule has 0 radical (unpaired) electrons. The highest BCUT2D eigenvalue weighted by Gasteiger charge is 2.30. The van der Waals surface area contributed by atoms with E-state index in [1.807, 2.05) is 13.1 Å². The third-order valence-corrected chi connectivity index (χ3v) is 7.27. The summed E-state index contributed by atoms with van der Waals surface area (Å²) in [7, 11) is 0. The van der Waals surface area contributed by atoms with Gasteiger partial charge in [-0.05, 0) is 71.8 Å². The largest absolute Gasteiger partial charge is 0.396 e. The van der Waals surface area contributed by atoms with E-state index in [4.69, 9.17) is 15.0 Å². The summed E-state index contributed by atoms with van der Waals surface area (Å²) in [4.78, 5) is 19.4. The Bertz CT molecular complexity index is 1130. The number of aromatic nitrogens is 4. The molecule has 3 aromatic heterocycles. The zero-order valence-electron chi connectivity index (χ0n) is 19.3. The number of pyridine rings is 1. The van der Waals surface area contributed by atoms with Gasteiger partial charge in [0.05, 0.1) is 21.7 Å². The van der Waals surface area contributed by atoms with E-state index in [2.05, 4.69) is 42.5 Å². The maximum atomic E-state index is 9.58. The molecule has 32 heavy (non-hydrogen) atoms. The lowest BCUT2D eigenvalue weighted by Gasteiger charge is -2.23. The van der Waals surface area contributed by atoms with E-state index in [9.17, 15) is 5.11 Å². The Labute approximate surface area is 193 Å². The van der Waals surface area contributed by atoms with Gasteiger partial charge in [0.1, 0.15) is 16.3 Å². The summed E-state index contributed by atoms with van der Waals surface area (Å²) in [6.45, 7) is 8.60. The van der Waals surface area contributed by atoms with Gasteiger partial charge >= 0.3 is 0 Å². The van der Waals surface area contributed by atoms with Gasteiger partial charge in [0, 0.05) is 30.3 Å². The molecule has 2 aliphatic rings. The van der Waals surface area contributed by atoms with Gasteiger partial charge in [-0.1, -0.05) is 0 Å². The van der Waals surface area contributed by atoms with Crippen molar-refractivity contribution >= 4 is 33.3 Å². The molecule has 0 amide bonds. The zero-order chi connectivity index (χ0) is 22.5. The number of hydrogen-bond acceptors (Lipinski definition) is 8. The number of rotatable bonds is 6. The van der Waals surface area contributed by atoms with E-state index in [0.29, 0.717) is 23.8 Å². The molecule has 5 rings (SSSR count). The van der Waals surface area contributed by atoms with E-state index in [1.165, 1.54) is 17.5 Å². The van der Waals surface area contributed by atoms with Crippen molar-refractivity contribution in [3.8, 4) is 10.6 Å². The number of aryl methyl sites for hydroxylation is 1. The molecule has 2 atom stereocenters. The molecule has 2 aliphatic carbocycles. The third-order valence-electron chi connectivity index (χ3n) is 6.23. The van der Waals surface area contributed by atoms with Crippen LogP contribution in [-0.2, 0) is 0 Å². The number of hydrogen-bond donors (Lipinski definition) is 3. The molecule has 0 aromatic carbocycles. The van der Waals surface area contributed by atoms with E-state index < -0.39 is 0 Å².